The lowest BCUT2D eigenvalue weighted by Crippen LogP contribution is -2.03. The van der Waals surface area contributed by atoms with E-state index < -0.39 is 6.10 Å². The van der Waals surface area contributed by atoms with Gasteiger partial charge in [0.2, 0.25) is 0 Å². The van der Waals surface area contributed by atoms with Gasteiger partial charge in [-0.05, 0) is 6.42 Å². The normalized spacial score (nSPS) is 13.1. The van der Waals surface area contributed by atoms with Gasteiger partial charge in [-0.1, -0.05) is 6.92 Å². The summed E-state index contributed by atoms with van der Waals surface area (Å²) in [5.41, 5.74) is 0.854. The minimum absolute atomic E-state index is 0.458. The standard InChI is InChI=1S/C10H18N2O2/c1-3-5-14-6-4-10(13)9-7-11-12(2)8-9/h7-8,10,13H,3-6H2,1-2H3. The second-order valence-electron chi connectivity index (χ2n) is 3.36. The Kier molecular flexibility index (Phi) is 4.62. The summed E-state index contributed by atoms with van der Waals surface area (Å²) in [5.74, 6) is 0. The van der Waals surface area contributed by atoms with Crippen molar-refractivity contribution in [3.05, 3.63) is 18.0 Å². The first-order valence-corrected chi connectivity index (χ1v) is 4.98. The molecule has 0 saturated carbocycles. The van der Waals surface area contributed by atoms with Gasteiger partial charge < -0.3 is 9.84 Å². The van der Waals surface area contributed by atoms with Crippen molar-refractivity contribution in [3.63, 3.8) is 0 Å². The summed E-state index contributed by atoms with van der Waals surface area (Å²) in [6.07, 6.45) is 4.70. The first-order valence-electron chi connectivity index (χ1n) is 4.98. The second kappa shape index (κ2) is 5.78. The Morgan fingerprint density at radius 1 is 1.57 bits per heavy atom. The van der Waals surface area contributed by atoms with E-state index in [0.717, 1.165) is 18.6 Å². The molecular formula is C10H18N2O2. The van der Waals surface area contributed by atoms with Crippen molar-refractivity contribution in [2.45, 2.75) is 25.9 Å². The maximum absolute atomic E-state index is 9.70. The smallest absolute Gasteiger partial charge is 0.0842 e. The van der Waals surface area contributed by atoms with Gasteiger partial charge in [0.15, 0.2) is 0 Å². The van der Waals surface area contributed by atoms with E-state index in [1.54, 1.807) is 10.9 Å². The maximum Gasteiger partial charge on any atom is 0.0842 e. The Morgan fingerprint density at radius 2 is 2.36 bits per heavy atom. The number of hydrogen-bond donors (Lipinski definition) is 1. The zero-order valence-corrected chi connectivity index (χ0v) is 8.81. The fourth-order valence-electron chi connectivity index (χ4n) is 1.22. The first kappa shape index (κ1) is 11.2. The van der Waals surface area contributed by atoms with Gasteiger partial charge in [-0.3, -0.25) is 4.68 Å². The summed E-state index contributed by atoms with van der Waals surface area (Å²) < 4.78 is 6.98. The summed E-state index contributed by atoms with van der Waals surface area (Å²) >= 11 is 0. The molecule has 1 aromatic heterocycles. The van der Waals surface area contributed by atoms with Crippen LogP contribution in [0.2, 0.25) is 0 Å². The van der Waals surface area contributed by atoms with Crippen LogP contribution in [-0.4, -0.2) is 28.1 Å². The summed E-state index contributed by atoms with van der Waals surface area (Å²) in [4.78, 5) is 0. The van der Waals surface area contributed by atoms with Gasteiger partial charge in [-0.25, -0.2) is 0 Å². The molecule has 1 aromatic rings. The lowest BCUT2D eigenvalue weighted by atomic mass is 10.1. The summed E-state index contributed by atoms with van der Waals surface area (Å²) in [5, 5.41) is 13.7. The average Bonchev–Trinajstić information content (AvgIpc) is 2.59. The van der Waals surface area contributed by atoms with Crippen molar-refractivity contribution in [1.82, 2.24) is 9.78 Å². The summed E-state index contributed by atoms with van der Waals surface area (Å²) in [7, 11) is 1.84. The zero-order chi connectivity index (χ0) is 10.4. The van der Waals surface area contributed by atoms with Gasteiger partial charge >= 0.3 is 0 Å². The number of nitrogens with zero attached hydrogens (tertiary/aromatic N) is 2. The van der Waals surface area contributed by atoms with E-state index in [2.05, 4.69) is 12.0 Å². The summed E-state index contributed by atoms with van der Waals surface area (Å²) in [6, 6.07) is 0. The van der Waals surface area contributed by atoms with Gasteiger partial charge in [0.25, 0.3) is 0 Å². The maximum atomic E-state index is 9.70. The van der Waals surface area contributed by atoms with Crippen molar-refractivity contribution in [3.8, 4) is 0 Å². The monoisotopic (exact) mass is 198 g/mol. The molecule has 0 fully saturated rings. The highest BCUT2D eigenvalue weighted by Crippen LogP contribution is 2.14. The van der Waals surface area contributed by atoms with E-state index in [-0.39, 0.29) is 0 Å². The number of aliphatic hydroxyl groups excluding tert-OH is 1. The SMILES string of the molecule is CCCOCCC(O)c1cnn(C)c1. The van der Waals surface area contributed by atoms with Crippen LogP contribution in [0.3, 0.4) is 0 Å². The molecule has 0 spiro atoms. The van der Waals surface area contributed by atoms with Crippen molar-refractivity contribution in [2.75, 3.05) is 13.2 Å². The fraction of sp³-hybridized carbons (Fsp3) is 0.700. The highest BCUT2D eigenvalue weighted by molar-refractivity contribution is 5.07. The van der Waals surface area contributed by atoms with Crippen LogP contribution < -0.4 is 0 Å². The average molecular weight is 198 g/mol. The molecule has 0 aromatic carbocycles. The van der Waals surface area contributed by atoms with Crippen LogP contribution in [0.25, 0.3) is 0 Å². The highest BCUT2D eigenvalue weighted by Gasteiger charge is 2.08. The van der Waals surface area contributed by atoms with Gasteiger partial charge in [0, 0.05) is 38.4 Å². The minimum Gasteiger partial charge on any atom is -0.388 e. The quantitative estimate of drug-likeness (QED) is 0.700. The van der Waals surface area contributed by atoms with E-state index in [1.165, 1.54) is 0 Å². The van der Waals surface area contributed by atoms with E-state index >= 15 is 0 Å². The molecule has 1 rings (SSSR count). The molecule has 1 heterocycles. The fourth-order valence-corrected chi connectivity index (χ4v) is 1.22. The molecule has 4 heteroatoms. The van der Waals surface area contributed by atoms with Crippen LogP contribution in [0.4, 0.5) is 0 Å². The molecule has 80 valence electrons. The Balaban J connectivity index is 2.25. The van der Waals surface area contributed by atoms with E-state index in [1.807, 2.05) is 13.2 Å². The van der Waals surface area contributed by atoms with Crippen molar-refractivity contribution >= 4 is 0 Å². The van der Waals surface area contributed by atoms with E-state index in [4.69, 9.17) is 4.74 Å². The molecule has 1 unspecified atom stereocenters. The van der Waals surface area contributed by atoms with Crippen LogP contribution in [-0.2, 0) is 11.8 Å². The van der Waals surface area contributed by atoms with Crippen LogP contribution in [0, 0.1) is 0 Å². The van der Waals surface area contributed by atoms with Crippen molar-refractivity contribution in [1.29, 1.82) is 0 Å². The number of aromatic nitrogens is 2. The topological polar surface area (TPSA) is 47.3 Å². The molecule has 0 radical (unpaired) electrons. The van der Waals surface area contributed by atoms with E-state index in [9.17, 15) is 5.11 Å². The van der Waals surface area contributed by atoms with Crippen LogP contribution in [0.1, 0.15) is 31.4 Å². The van der Waals surface area contributed by atoms with E-state index in [0.29, 0.717) is 13.0 Å². The molecule has 4 nitrogen and oxygen atoms in total. The third-order valence-electron chi connectivity index (χ3n) is 1.99. The zero-order valence-electron chi connectivity index (χ0n) is 8.81. The van der Waals surface area contributed by atoms with Crippen LogP contribution in [0.15, 0.2) is 12.4 Å². The molecule has 0 aliphatic heterocycles. The number of ether oxygens (including phenoxy) is 1. The predicted octanol–water partition coefficient (Wildman–Crippen LogP) is 1.27. The second-order valence-corrected chi connectivity index (χ2v) is 3.36. The molecule has 0 amide bonds. The van der Waals surface area contributed by atoms with Crippen molar-refractivity contribution < 1.29 is 9.84 Å². The van der Waals surface area contributed by atoms with Crippen molar-refractivity contribution in [2.24, 2.45) is 7.05 Å². The number of rotatable bonds is 6. The van der Waals surface area contributed by atoms with Crippen LogP contribution in [0.5, 0.6) is 0 Å². The Hall–Kier alpha value is -0.870. The van der Waals surface area contributed by atoms with Gasteiger partial charge in [-0.15, -0.1) is 0 Å². The lowest BCUT2D eigenvalue weighted by Gasteiger charge is -2.07. The minimum atomic E-state index is -0.458. The molecule has 0 aliphatic rings. The van der Waals surface area contributed by atoms with Gasteiger partial charge in [0.05, 0.1) is 12.3 Å². The first-order chi connectivity index (χ1) is 6.74. The molecule has 1 N–H and O–H groups in total. The molecular weight excluding hydrogens is 180 g/mol. The Bertz CT molecular complexity index is 260. The number of hydrogen-bond acceptors (Lipinski definition) is 3. The van der Waals surface area contributed by atoms with Gasteiger partial charge in [-0.2, -0.15) is 5.10 Å². The molecule has 1 atom stereocenters. The molecule has 0 bridgehead atoms. The predicted molar refractivity (Wildman–Crippen MR) is 53.9 cm³/mol. The molecule has 14 heavy (non-hydrogen) atoms. The third kappa shape index (κ3) is 3.47. The number of aryl methyl sites for hydroxylation is 1. The lowest BCUT2D eigenvalue weighted by molar-refractivity contribution is 0.0822. The number of aliphatic hydroxyl groups is 1. The van der Waals surface area contributed by atoms with Gasteiger partial charge in [0.1, 0.15) is 0 Å². The molecule has 0 aliphatic carbocycles. The van der Waals surface area contributed by atoms with Crippen LogP contribution >= 0.6 is 0 Å². The highest BCUT2D eigenvalue weighted by atomic mass is 16.5. The largest absolute Gasteiger partial charge is 0.388 e. The third-order valence-corrected chi connectivity index (χ3v) is 1.99. The Labute approximate surface area is 84.5 Å². The molecule has 0 saturated heterocycles. The summed E-state index contributed by atoms with van der Waals surface area (Å²) in [6.45, 7) is 3.43. The Morgan fingerprint density at radius 3 is 2.93 bits per heavy atom.